The number of likely N-dealkylation sites (N-methyl/N-ethyl adjacent to an activating group) is 1. The average molecular weight is 368 g/mol. The molecule has 144 valence electrons. The Morgan fingerprint density at radius 3 is 2.33 bits per heavy atom. The Hall–Kier alpha value is -2.17. The van der Waals surface area contributed by atoms with Crippen molar-refractivity contribution >= 4 is 17.7 Å². The van der Waals surface area contributed by atoms with Gasteiger partial charge in [0, 0.05) is 12.6 Å². The second-order valence-corrected chi connectivity index (χ2v) is 8.63. The molecule has 0 spiro atoms. The van der Waals surface area contributed by atoms with Gasteiger partial charge in [-0.1, -0.05) is 49.6 Å². The van der Waals surface area contributed by atoms with Crippen molar-refractivity contribution < 1.29 is 14.4 Å². The molecule has 2 bridgehead atoms. The van der Waals surface area contributed by atoms with Crippen molar-refractivity contribution in [2.24, 2.45) is 17.8 Å². The van der Waals surface area contributed by atoms with Crippen LogP contribution in [0.3, 0.4) is 0 Å². The molecule has 4 aliphatic rings. The zero-order chi connectivity index (χ0) is 19.2. The number of urea groups is 1. The van der Waals surface area contributed by atoms with Crippen LogP contribution in [-0.2, 0) is 4.79 Å². The van der Waals surface area contributed by atoms with E-state index < -0.39 is 5.54 Å². The van der Waals surface area contributed by atoms with Gasteiger partial charge < -0.3 is 4.90 Å². The number of imide groups is 1. The lowest BCUT2D eigenvalue weighted by Crippen LogP contribution is -2.53. The van der Waals surface area contributed by atoms with Crippen molar-refractivity contribution in [3.05, 3.63) is 35.9 Å². The van der Waals surface area contributed by atoms with Crippen LogP contribution in [0.25, 0.3) is 0 Å². The smallest absolute Gasteiger partial charge is 0.313 e. The van der Waals surface area contributed by atoms with E-state index in [-0.39, 0.29) is 30.2 Å². The van der Waals surface area contributed by atoms with Crippen LogP contribution in [0.4, 0.5) is 4.79 Å². The minimum atomic E-state index is -0.835. The molecule has 3 aliphatic carbocycles. The topological polar surface area (TPSA) is 57.7 Å². The van der Waals surface area contributed by atoms with Crippen LogP contribution in [-0.4, -0.2) is 46.7 Å². The fraction of sp³-hybridized carbons (Fsp3) is 0.591. The molecular formula is C22H28N2O3. The Kier molecular flexibility index (Phi) is 4.57. The van der Waals surface area contributed by atoms with Gasteiger partial charge in [-0.25, -0.2) is 4.79 Å². The van der Waals surface area contributed by atoms with Gasteiger partial charge in [-0.05, 0) is 43.9 Å². The van der Waals surface area contributed by atoms with Crippen LogP contribution in [0.15, 0.2) is 30.3 Å². The number of carbonyl (C=O) groups is 3. The highest BCUT2D eigenvalue weighted by atomic mass is 16.2. The largest absolute Gasteiger partial charge is 0.327 e. The summed E-state index contributed by atoms with van der Waals surface area (Å²) >= 11 is 0. The lowest BCUT2D eigenvalue weighted by Gasteiger charge is -2.40. The Bertz CT molecular complexity index is 754. The molecule has 1 aromatic carbocycles. The van der Waals surface area contributed by atoms with Gasteiger partial charge in [0.15, 0.2) is 5.78 Å². The van der Waals surface area contributed by atoms with E-state index in [0.29, 0.717) is 11.5 Å². The summed E-state index contributed by atoms with van der Waals surface area (Å²) in [5.74, 6) is 1.07. The first-order valence-electron chi connectivity index (χ1n) is 10.1. The average Bonchev–Trinajstić information content (AvgIpc) is 2.96. The molecule has 27 heavy (non-hydrogen) atoms. The van der Waals surface area contributed by atoms with E-state index in [1.165, 1.54) is 17.7 Å². The lowest BCUT2D eigenvalue weighted by molar-refractivity contribution is -0.135. The maximum atomic E-state index is 13.4. The number of fused-ring (bicyclic) bond motifs is 4. The fourth-order valence-corrected chi connectivity index (χ4v) is 5.56. The summed E-state index contributed by atoms with van der Waals surface area (Å²) in [5, 5.41) is 0. The maximum Gasteiger partial charge on any atom is 0.327 e. The van der Waals surface area contributed by atoms with E-state index >= 15 is 0 Å². The van der Waals surface area contributed by atoms with Crippen LogP contribution >= 0.6 is 0 Å². The molecular weight excluding hydrogens is 340 g/mol. The molecule has 5 heteroatoms. The van der Waals surface area contributed by atoms with E-state index in [1.54, 1.807) is 36.2 Å². The van der Waals surface area contributed by atoms with E-state index in [0.717, 1.165) is 31.6 Å². The van der Waals surface area contributed by atoms with Gasteiger partial charge in [-0.3, -0.25) is 14.5 Å². The summed E-state index contributed by atoms with van der Waals surface area (Å²) in [5.41, 5.74) is -0.305. The molecule has 0 radical (unpaired) electrons. The van der Waals surface area contributed by atoms with Gasteiger partial charge in [0.1, 0.15) is 5.54 Å². The predicted octanol–water partition coefficient (Wildman–Crippen LogP) is 3.74. The standard InChI is InChI=1S/C22H28N2O3/c1-22(18-13-10-15-8-11-16(18)12-9-15)20(26)24(21(27)23(22)2)14-19(25)17-6-4-3-5-7-17/h3-7,15-16,18H,8-14H2,1-2H3/t15?,16?,18-,22?/m0/s1. The third kappa shape index (κ3) is 2.88. The number of amides is 3. The van der Waals surface area contributed by atoms with Gasteiger partial charge >= 0.3 is 6.03 Å². The highest BCUT2D eigenvalue weighted by Gasteiger charge is 2.59. The number of nitrogens with zero attached hydrogens (tertiary/aromatic N) is 2. The van der Waals surface area contributed by atoms with Crippen molar-refractivity contribution in [1.29, 1.82) is 0 Å². The van der Waals surface area contributed by atoms with Gasteiger partial charge in [-0.15, -0.1) is 0 Å². The van der Waals surface area contributed by atoms with Gasteiger partial charge in [0.2, 0.25) is 0 Å². The Morgan fingerprint density at radius 2 is 1.67 bits per heavy atom. The molecule has 3 amide bonds. The van der Waals surface area contributed by atoms with Crippen LogP contribution in [0.1, 0.15) is 55.8 Å². The quantitative estimate of drug-likeness (QED) is 0.601. The van der Waals surface area contributed by atoms with Crippen LogP contribution in [0.2, 0.25) is 0 Å². The molecule has 2 atom stereocenters. The lowest BCUT2D eigenvalue weighted by atomic mass is 9.71. The third-order valence-electron chi connectivity index (χ3n) is 7.36. The zero-order valence-electron chi connectivity index (χ0n) is 16.2. The molecule has 5 nitrogen and oxygen atoms in total. The minimum Gasteiger partial charge on any atom is -0.313 e. The van der Waals surface area contributed by atoms with Crippen molar-refractivity contribution in [3.63, 3.8) is 0 Å². The summed E-state index contributed by atoms with van der Waals surface area (Å²) in [7, 11) is 1.73. The molecule has 3 saturated carbocycles. The van der Waals surface area contributed by atoms with Crippen molar-refractivity contribution in [1.82, 2.24) is 9.80 Å². The summed E-state index contributed by atoms with van der Waals surface area (Å²) < 4.78 is 0. The van der Waals surface area contributed by atoms with Gasteiger partial charge in [0.25, 0.3) is 5.91 Å². The molecule has 4 fully saturated rings. The van der Waals surface area contributed by atoms with E-state index in [2.05, 4.69) is 0 Å². The Balaban J connectivity index is 1.59. The Labute approximate surface area is 160 Å². The number of hydrogen-bond acceptors (Lipinski definition) is 3. The van der Waals surface area contributed by atoms with E-state index in [1.807, 2.05) is 13.0 Å². The van der Waals surface area contributed by atoms with Crippen molar-refractivity contribution in [2.45, 2.75) is 51.0 Å². The second-order valence-electron chi connectivity index (χ2n) is 8.63. The molecule has 1 aliphatic heterocycles. The number of Topliss-reactive ketones (excluding diaryl/α,β-unsaturated/α-hetero) is 1. The number of carbonyl (C=O) groups excluding carboxylic acids is 3. The summed E-state index contributed by atoms with van der Waals surface area (Å²) in [6.45, 7) is 1.74. The van der Waals surface area contributed by atoms with Crippen LogP contribution in [0.5, 0.6) is 0 Å². The highest BCUT2D eigenvalue weighted by molar-refractivity contribution is 6.11. The maximum absolute atomic E-state index is 13.4. The number of rotatable bonds is 4. The SMILES string of the molecule is CN1C(=O)N(CC(=O)c2ccccc2)C(=O)C1(C)[C@H]1CCC2CCC1CC2. The van der Waals surface area contributed by atoms with Crippen molar-refractivity contribution in [3.8, 4) is 0 Å². The summed E-state index contributed by atoms with van der Waals surface area (Å²) in [6, 6.07) is 8.53. The first-order chi connectivity index (χ1) is 12.9. The predicted molar refractivity (Wildman–Crippen MR) is 102 cm³/mol. The Morgan fingerprint density at radius 1 is 1.04 bits per heavy atom. The minimum absolute atomic E-state index is 0.179. The fourth-order valence-electron chi connectivity index (χ4n) is 5.56. The molecule has 1 unspecified atom stereocenters. The summed E-state index contributed by atoms with van der Waals surface area (Å²) in [6.07, 6.45) is 6.95. The van der Waals surface area contributed by atoms with Gasteiger partial charge in [0.05, 0.1) is 6.54 Å². The number of benzene rings is 1. The first-order valence-corrected chi connectivity index (χ1v) is 10.1. The normalized spacial score (nSPS) is 33.5. The monoisotopic (exact) mass is 368 g/mol. The third-order valence-corrected chi connectivity index (χ3v) is 7.36. The molecule has 1 aromatic rings. The van der Waals surface area contributed by atoms with Gasteiger partial charge in [-0.2, -0.15) is 0 Å². The van der Waals surface area contributed by atoms with E-state index in [9.17, 15) is 14.4 Å². The summed E-state index contributed by atoms with van der Waals surface area (Å²) in [4.78, 5) is 41.7. The molecule has 1 heterocycles. The molecule has 5 rings (SSSR count). The number of ketones is 1. The van der Waals surface area contributed by atoms with Crippen LogP contribution in [0, 0.1) is 17.8 Å². The van der Waals surface area contributed by atoms with Crippen LogP contribution < -0.4 is 0 Å². The zero-order valence-corrected chi connectivity index (χ0v) is 16.2. The first kappa shape index (κ1) is 18.2. The van der Waals surface area contributed by atoms with E-state index in [4.69, 9.17) is 0 Å². The van der Waals surface area contributed by atoms with Crippen molar-refractivity contribution in [2.75, 3.05) is 13.6 Å². The molecule has 0 aromatic heterocycles. The number of hydrogen-bond donors (Lipinski definition) is 0. The highest BCUT2D eigenvalue weighted by Crippen LogP contribution is 2.49. The molecule has 1 saturated heterocycles. The second kappa shape index (κ2) is 6.77. The molecule has 0 N–H and O–H groups in total.